The molecule has 0 heterocycles. The van der Waals surface area contributed by atoms with Crippen LogP contribution in [0, 0.1) is 0 Å². The normalized spacial score (nSPS) is 11.4. The number of aliphatic carboxylic acids is 1. The van der Waals surface area contributed by atoms with Gasteiger partial charge in [0, 0.05) is 19.6 Å². The second kappa shape index (κ2) is 10.1. The average molecular weight is 469 g/mol. The molecule has 0 atom stereocenters. The van der Waals surface area contributed by atoms with E-state index in [1.807, 2.05) is 0 Å². The lowest BCUT2D eigenvalue weighted by Gasteiger charge is -2.23. The van der Waals surface area contributed by atoms with Crippen LogP contribution in [0.3, 0.4) is 0 Å². The van der Waals surface area contributed by atoms with Crippen LogP contribution >= 0.6 is 0 Å². The third-order valence-electron chi connectivity index (χ3n) is 4.62. The molecule has 0 bridgehead atoms. The first-order valence-electron chi connectivity index (χ1n) is 9.26. The molecule has 0 aliphatic rings. The average Bonchev–Trinajstić information content (AvgIpc) is 2.70. The van der Waals surface area contributed by atoms with E-state index in [1.54, 1.807) is 0 Å². The minimum atomic E-state index is -4.93. The van der Waals surface area contributed by atoms with Gasteiger partial charge in [0.05, 0.1) is 28.7 Å². The predicted octanol–water partition coefficient (Wildman–Crippen LogP) is 3.28. The number of carboxylic acid groups (broad SMARTS) is 4. The van der Waals surface area contributed by atoms with Crippen molar-refractivity contribution in [3.63, 3.8) is 0 Å². The van der Waals surface area contributed by atoms with Crippen LogP contribution in [0.2, 0.25) is 0 Å². The van der Waals surface area contributed by atoms with Crippen LogP contribution in [0.1, 0.15) is 54.2 Å². The molecule has 4 N–H and O–H groups in total. The smallest absolute Gasteiger partial charge is 0.417 e. The monoisotopic (exact) mass is 469 g/mol. The number of hydrogen-bond acceptors (Lipinski definition) is 5. The second-order valence-electron chi connectivity index (χ2n) is 7.03. The number of hydrogen-bond donors (Lipinski definition) is 4. The maximum atomic E-state index is 13.3. The number of rotatable bonds is 10. The van der Waals surface area contributed by atoms with Crippen molar-refractivity contribution in [3.05, 3.63) is 69.8 Å². The molecular weight excluding hydrogens is 451 g/mol. The third-order valence-corrected chi connectivity index (χ3v) is 4.62. The van der Waals surface area contributed by atoms with Gasteiger partial charge >= 0.3 is 30.1 Å². The largest absolute Gasteiger partial charge is 0.481 e. The fourth-order valence-corrected chi connectivity index (χ4v) is 3.15. The highest BCUT2D eigenvalue weighted by atomic mass is 19.4. The van der Waals surface area contributed by atoms with Gasteiger partial charge in [-0.15, -0.1) is 0 Å². The highest BCUT2D eigenvalue weighted by molar-refractivity contribution is 6.01. The molecule has 0 saturated carbocycles. The molecule has 12 heteroatoms. The summed E-state index contributed by atoms with van der Waals surface area (Å²) in [6.07, 6.45) is -5.31. The number of carboxylic acids is 4. The molecule has 0 saturated heterocycles. The molecule has 0 amide bonds. The van der Waals surface area contributed by atoms with E-state index in [4.69, 9.17) is 15.3 Å². The van der Waals surface area contributed by atoms with Crippen LogP contribution in [0.4, 0.5) is 13.2 Å². The van der Waals surface area contributed by atoms with Crippen molar-refractivity contribution in [2.45, 2.75) is 25.7 Å². The molecule has 0 aliphatic heterocycles. The Kier molecular flexibility index (Phi) is 7.77. The summed E-state index contributed by atoms with van der Waals surface area (Å²) in [5, 5.41) is 36.3. The van der Waals surface area contributed by atoms with Gasteiger partial charge in [-0.25, -0.2) is 14.4 Å². The standard InChI is InChI=1S/C21H18F3NO8/c22-21(23,24)16-8-12(2-4-14(16)19(30)31)10-25(6-5-17(26)27)9-11-1-3-13(18(28)29)15(7-11)20(32)33/h1-4,7-8H,5-6,9-10H2,(H,26,27)(H,28,29)(H,30,31)(H,32,33). The van der Waals surface area contributed by atoms with E-state index in [0.717, 1.165) is 18.2 Å². The third kappa shape index (κ3) is 6.77. The van der Waals surface area contributed by atoms with Crippen molar-refractivity contribution in [1.82, 2.24) is 4.90 Å². The van der Waals surface area contributed by atoms with E-state index < -0.39 is 52.3 Å². The Bertz CT molecular complexity index is 1100. The molecule has 0 spiro atoms. The summed E-state index contributed by atoms with van der Waals surface area (Å²) < 4.78 is 39.9. The van der Waals surface area contributed by atoms with Crippen LogP contribution in [0.25, 0.3) is 0 Å². The molecule has 2 rings (SSSR count). The van der Waals surface area contributed by atoms with Gasteiger partial charge in [0.25, 0.3) is 0 Å². The van der Waals surface area contributed by atoms with E-state index in [2.05, 4.69) is 0 Å². The molecular formula is C21H18F3NO8. The Morgan fingerprint density at radius 2 is 1.21 bits per heavy atom. The summed E-state index contributed by atoms with van der Waals surface area (Å²) in [4.78, 5) is 46.1. The van der Waals surface area contributed by atoms with Gasteiger partial charge in [-0.05, 0) is 35.4 Å². The number of carbonyl (C=O) groups is 4. The highest BCUT2D eigenvalue weighted by Gasteiger charge is 2.35. The molecule has 0 radical (unpaired) electrons. The minimum absolute atomic E-state index is 0.0540. The molecule has 0 fully saturated rings. The number of benzene rings is 2. The first-order chi connectivity index (χ1) is 15.3. The fourth-order valence-electron chi connectivity index (χ4n) is 3.15. The van der Waals surface area contributed by atoms with Gasteiger partial charge in [-0.1, -0.05) is 12.1 Å². The Hall–Kier alpha value is -3.93. The summed E-state index contributed by atoms with van der Waals surface area (Å²) in [5.41, 5.74) is -2.89. The highest BCUT2D eigenvalue weighted by Crippen LogP contribution is 2.33. The lowest BCUT2D eigenvalue weighted by atomic mass is 10.0. The van der Waals surface area contributed by atoms with Gasteiger partial charge < -0.3 is 20.4 Å². The number of aromatic carboxylic acids is 3. The Labute approximate surface area is 184 Å². The van der Waals surface area contributed by atoms with Crippen molar-refractivity contribution in [2.24, 2.45) is 0 Å². The molecule has 33 heavy (non-hydrogen) atoms. The Balaban J connectivity index is 2.39. The van der Waals surface area contributed by atoms with Crippen molar-refractivity contribution in [2.75, 3.05) is 6.54 Å². The van der Waals surface area contributed by atoms with E-state index in [0.29, 0.717) is 11.6 Å². The van der Waals surface area contributed by atoms with E-state index in [9.17, 15) is 37.5 Å². The maximum absolute atomic E-state index is 13.3. The molecule has 0 unspecified atom stereocenters. The summed E-state index contributed by atoms with van der Waals surface area (Å²) in [7, 11) is 0. The summed E-state index contributed by atoms with van der Waals surface area (Å²) in [5.74, 6) is -5.88. The number of nitrogens with zero attached hydrogens (tertiary/aromatic N) is 1. The summed E-state index contributed by atoms with van der Waals surface area (Å²) in [6, 6.07) is 6.11. The van der Waals surface area contributed by atoms with E-state index >= 15 is 0 Å². The van der Waals surface area contributed by atoms with Gasteiger partial charge in [-0.2, -0.15) is 13.2 Å². The van der Waals surface area contributed by atoms with Gasteiger partial charge in [0.2, 0.25) is 0 Å². The zero-order valence-corrected chi connectivity index (χ0v) is 16.8. The Morgan fingerprint density at radius 3 is 1.67 bits per heavy atom. The van der Waals surface area contributed by atoms with Crippen molar-refractivity contribution < 1.29 is 52.8 Å². The molecule has 176 valence electrons. The molecule has 9 nitrogen and oxygen atoms in total. The van der Waals surface area contributed by atoms with E-state index in [1.165, 1.54) is 17.0 Å². The van der Waals surface area contributed by atoms with Crippen LogP contribution in [0.15, 0.2) is 36.4 Å². The van der Waals surface area contributed by atoms with Crippen LogP contribution in [-0.2, 0) is 24.1 Å². The molecule has 2 aromatic rings. The molecule has 0 aromatic heterocycles. The lowest BCUT2D eigenvalue weighted by molar-refractivity contribution is -0.138. The van der Waals surface area contributed by atoms with Crippen molar-refractivity contribution in [1.29, 1.82) is 0 Å². The number of alkyl halides is 3. The van der Waals surface area contributed by atoms with Gasteiger partial charge in [0.15, 0.2) is 0 Å². The SMILES string of the molecule is O=C(O)CCN(Cc1ccc(C(=O)O)c(C(=O)O)c1)Cc1ccc(C(=O)O)c(C(F)(F)F)c1. The summed E-state index contributed by atoms with van der Waals surface area (Å²) in [6.45, 7) is -0.435. The van der Waals surface area contributed by atoms with Crippen LogP contribution < -0.4 is 0 Å². The first-order valence-corrected chi connectivity index (χ1v) is 9.26. The van der Waals surface area contributed by atoms with Crippen LogP contribution in [-0.4, -0.2) is 55.7 Å². The quantitative estimate of drug-likeness (QED) is 0.411. The Morgan fingerprint density at radius 1 is 0.727 bits per heavy atom. The predicted molar refractivity (Wildman–Crippen MR) is 105 cm³/mol. The fraction of sp³-hybridized carbons (Fsp3) is 0.238. The minimum Gasteiger partial charge on any atom is -0.481 e. The second-order valence-corrected chi connectivity index (χ2v) is 7.03. The lowest BCUT2D eigenvalue weighted by Crippen LogP contribution is -2.26. The zero-order valence-electron chi connectivity index (χ0n) is 16.8. The molecule has 2 aromatic carbocycles. The van der Waals surface area contributed by atoms with Crippen molar-refractivity contribution >= 4 is 23.9 Å². The van der Waals surface area contributed by atoms with Crippen molar-refractivity contribution in [3.8, 4) is 0 Å². The van der Waals surface area contributed by atoms with E-state index in [-0.39, 0.29) is 31.6 Å². The zero-order chi connectivity index (χ0) is 24.9. The first kappa shape index (κ1) is 25.3. The van der Waals surface area contributed by atoms with Crippen LogP contribution in [0.5, 0.6) is 0 Å². The topological polar surface area (TPSA) is 152 Å². The number of halogens is 3. The molecule has 0 aliphatic carbocycles. The summed E-state index contributed by atoms with van der Waals surface area (Å²) >= 11 is 0. The van der Waals surface area contributed by atoms with Gasteiger partial charge in [-0.3, -0.25) is 9.69 Å². The van der Waals surface area contributed by atoms with Gasteiger partial charge in [0.1, 0.15) is 0 Å². The maximum Gasteiger partial charge on any atom is 0.417 e.